The van der Waals surface area contributed by atoms with Gasteiger partial charge in [0.1, 0.15) is 0 Å². The fourth-order valence-electron chi connectivity index (χ4n) is 0.796. The van der Waals surface area contributed by atoms with Crippen molar-refractivity contribution < 1.29 is 4.79 Å². The van der Waals surface area contributed by atoms with Gasteiger partial charge >= 0.3 is 0 Å². The molecule has 0 aliphatic heterocycles. The van der Waals surface area contributed by atoms with Crippen LogP contribution >= 0.6 is 0 Å². The molecular weight excluding hydrogens is 166 g/mol. The molecular formula is C9H9N3O. The largest absolute Gasteiger partial charge is 0.366 e. The van der Waals surface area contributed by atoms with E-state index in [1.54, 1.807) is 12.3 Å². The smallest absolute Gasteiger partial charge is 0.250 e. The summed E-state index contributed by atoms with van der Waals surface area (Å²) in [5, 5.41) is 0. The molecule has 0 saturated heterocycles. The van der Waals surface area contributed by atoms with Gasteiger partial charge in [-0.25, -0.2) is 0 Å². The van der Waals surface area contributed by atoms with Crippen molar-refractivity contribution in [1.82, 2.24) is 4.98 Å². The maximum absolute atomic E-state index is 10.7. The van der Waals surface area contributed by atoms with Gasteiger partial charge in [-0.2, -0.15) is 0 Å². The van der Waals surface area contributed by atoms with Gasteiger partial charge < -0.3 is 11.5 Å². The Labute approximate surface area is 76.0 Å². The molecule has 1 rings (SSSR count). The Bertz CT molecular complexity index is 376. The number of nitrogens with two attached hydrogens (primary N) is 2. The normalized spacial score (nSPS) is 8.69. The fourth-order valence-corrected chi connectivity index (χ4v) is 0.796. The second-order valence-electron chi connectivity index (χ2n) is 2.33. The monoisotopic (exact) mass is 175 g/mol. The van der Waals surface area contributed by atoms with Gasteiger partial charge in [-0.3, -0.25) is 9.78 Å². The Balaban J connectivity index is 2.98. The highest BCUT2D eigenvalue weighted by Crippen LogP contribution is 1.99. The molecule has 0 saturated carbocycles. The zero-order chi connectivity index (χ0) is 9.68. The molecule has 1 aromatic rings. The van der Waals surface area contributed by atoms with Crippen molar-refractivity contribution in [2.75, 3.05) is 6.54 Å². The topological polar surface area (TPSA) is 82.0 Å². The molecule has 0 bridgehead atoms. The number of nitrogens with zero attached hydrogens (tertiary/aromatic N) is 1. The van der Waals surface area contributed by atoms with E-state index in [1.807, 2.05) is 0 Å². The van der Waals surface area contributed by atoms with E-state index in [-0.39, 0.29) is 6.54 Å². The summed E-state index contributed by atoms with van der Waals surface area (Å²) in [7, 11) is 0. The van der Waals surface area contributed by atoms with Gasteiger partial charge in [-0.1, -0.05) is 11.8 Å². The number of aromatic nitrogens is 1. The van der Waals surface area contributed by atoms with Crippen LogP contribution in [0, 0.1) is 11.8 Å². The number of primary amides is 1. The zero-order valence-electron chi connectivity index (χ0n) is 6.95. The van der Waals surface area contributed by atoms with Crippen LogP contribution in [-0.2, 0) is 0 Å². The first kappa shape index (κ1) is 9.23. The summed E-state index contributed by atoms with van der Waals surface area (Å²) in [5.74, 6) is 4.90. The second kappa shape index (κ2) is 4.24. The van der Waals surface area contributed by atoms with E-state index in [1.165, 1.54) is 6.20 Å². The van der Waals surface area contributed by atoms with E-state index in [0.717, 1.165) is 0 Å². The Hall–Kier alpha value is -1.86. The average molecular weight is 175 g/mol. The first-order valence-electron chi connectivity index (χ1n) is 3.68. The van der Waals surface area contributed by atoms with Crippen LogP contribution < -0.4 is 11.5 Å². The number of pyridine rings is 1. The number of hydrogen-bond donors (Lipinski definition) is 2. The third-order valence-electron chi connectivity index (χ3n) is 1.36. The van der Waals surface area contributed by atoms with Crippen molar-refractivity contribution in [3.8, 4) is 11.8 Å². The van der Waals surface area contributed by atoms with Crippen molar-refractivity contribution in [1.29, 1.82) is 0 Å². The third kappa shape index (κ3) is 2.58. The van der Waals surface area contributed by atoms with E-state index < -0.39 is 5.91 Å². The molecule has 0 unspecified atom stereocenters. The van der Waals surface area contributed by atoms with E-state index in [0.29, 0.717) is 11.1 Å². The van der Waals surface area contributed by atoms with Gasteiger partial charge in [-0.05, 0) is 6.07 Å². The molecule has 0 aliphatic rings. The lowest BCUT2D eigenvalue weighted by atomic mass is 10.2. The summed E-state index contributed by atoms with van der Waals surface area (Å²) in [5.41, 5.74) is 11.2. The van der Waals surface area contributed by atoms with Gasteiger partial charge in [-0.15, -0.1) is 0 Å². The zero-order valence-corrected chi connectivity index (χ0v) is 6.95. The van der Waals surface area contributed by atoms with Crippen LogP contribution in [0.3, 0.4) is 0 Å². The summed E-state index contributed by atoms with van der Waals surface area (Å²) in [6, 6.07) is 1.58. The van der Waals surface area contributed by atoms with Crippen molar-refractivity contribution >= 4 is 5.91 Å². The van der Waals surface area contributed by atoms with Crippen molar-refractivity contribution in [3.05, 3.63) is 29.6 Å². The van der Waals surface area contributed by atoms with Crippen LogP contribution in [0.25, 0.3) is 0 Å². The van der Waals surface area contributed by atoms with E-state index in [2.05, 4.69) is 16.8 Å². The molecule has 1 heterocycles. The van der Waals surface area contributed by atoms with Gasteiger partial charge in [0.25, 0.3) is 0 Å². The molecule has 0 aliphatic carbocycles. The Morgan fingerprint density at radius 3 is 2.92 bits per heavy atom. The van der Waals surface area contributed by atoms with Gasteiger partial charge in [0.2, 0.25) is 5.91 Å². The highest BCUT2D eigenvalue weighted by atomic mass is 16.1. The van der Waals surface area contributed by atoms with Gasteiger partial charge in [0.05, 0.1) is 12.1 Å². The highest BCUT2D eigenvalue weighted by molar-refractivity contribution is 5.92. The predicted octanol–water partition coefficient (Wildman–Crippen LogP) is -0.509. The minimum Gasteiger partial charge on any atom is -0.366 e. The molecule has 0 spiro atoms. The molecule has 66 valence electrons. The maximum atomic E-state index is 10.7. The Kier molecular flexibility index (Phi) is 3.01. The highest BCUT2D eigenvalue weighted by Gasteiger charge is 1.99. The second-order valence-corrected chi connectivity index (χ2v) is 2.33. The summed E-state index contributed by atoms with van der Waals surface area (Å²) < 4.78 is 0. The number of carbonyl (C=O) groups excluding carboxylic acids is 1. The van der Waals surface area contributed by atoms with Crippen LogP contribution in [0.15, 0.2) is 18.5 Å². The number of hydrogen-bond acceptors (Lipinski definition) is 3. The Morgan fingerprint density at radius 1 is 1.54 bits per heavy atom. The summed E-state index contributed by atoms with van der Waals surface area (Å²) >= 11 is 0. The minimum absolute atomic E-state index is 0.279. The van der Waals surface area contributed by atoms with Crippen molar-refractivity contribution in [3.63, 3.8) is 0 Å². The number of amides is 1. The van der Waals surface area contributed by atoms with Gasteiger partial charge in [0, 0.05) is 18.0 Å². The molecule has 4 N–H and O–H groups in total. The predicted molar refractivity (Wildman–Crippen MR) is 48.7 cm³/mol. The number of rotatable bonds is 1. The third-order valence-corrected chi connectivity index (χ3v) is 1.36. The number of carbonyl (C=O) groups is 1. The van der Waals surface area contributed by atoms with Crippen LogP contribution in [-0.4, -0.2) is 17.4 Å². The molecule has 0 aromatic carbocycles. The maximum Gasteiger partial charge on any atom is 0.250 e. The average Bonchev–Trinajstić information content (AvgIpc) is 2.15. The lowest BCUT2D eigenvalue weighted by Crippen LogP contribution is -2.11. The first-order valence-corrected chi connectivity index (χ1v) is 3.68. The molecule has 13 heavy (non-hydrogen) atoms. The summed E-state index contributed by atoms with van der Waals surface area (Å²) in [4.78, 5) is 14.6. The van der Waals surface area contributed by atoms with Crippen LogP contribution in [0.5, 0.6) is 0 Å². The summed E-state index contributed by atoms with van der Waals surface area (Å²) in [6.45, 7) is 0.279. The lowest BCUT2D eigenvalue weighted by molar-refractivity contribution is 0.1000. The molecule has 4 nitrogen and oxygen atoms in total. The van der Waals surface area contributed by atoms with Crippen LogP contribution in [0.4, 0.5) is 0 Å². The fraction of sp³-hybridized carbons (Fsp3) is 0.111. The Morgan fingerprint density at radius 2 is 2.31 bits per heavy atom. The van der Waals surface area contributed by atoms with E-state index >= 15 is 0 Å². The van der Waals surface area contributed by atoms with Crippen molar-refractivity contribution in [2.24, 2.45) is 11.5 Å². The van der Waals surface area contributed by atoms with E-state index in [4.69, 9.17) is 11.5 Å². The molecule has 4 heteroatoms. The lowest BCUT2D eigenvalue weighted by Gasteiger charge is -1.94. The minimum atomic E-state index is -0.510. The van der Waals surface area contributed by atoms with Gasteiger partial charge in [0.15, 0.2) is 0 Å². The SMILES string of the molecule is NCC#Cc1cncc(C(N)=O)c1. The quantitative estimate of drug-likeness (QED) is 0.564. The molecule has 1 amide bonds. The molecule has 1 aromatic heterocycles. The van der Waals surface area contributed by atoms with Crippen molar-refractivity contribution in [2.45, 2.75) is 0 Å². The molecule has 0 atom stereocenters. The van der Waals surface area contributed by atoms with Crippen LogP contribution in [0.1, 0.15) is 15.9 Å². The van der Waals surface area contributed by atoms with Crippen LogP contribution in [0.2, 0.25) is 0 Å². The standard InChI is InChI=1S/C9H9N3O/c10-3-1-2-7-4-8(9(11)13)6-12-5-7/h4-6H,3,10H2,(H2,11,13). The first-order chi connectivity index (χ1) is 6.24. The molecule has 0 radical (unpaired) electrons. The molecule has 0 fully saturated rings. The summed E-state index contributed by atoms with van der Waals surface area (Å²) in [6.07, 6.45) is 2.95. The van der Waals surface area contributed by atoms with E-state index in [9.17, 15) is 4.79 Å².